The summed E-state index contributed by atoms with van der Waals surface area (Å²) in [6.45, 7) is 2.43. The molecule has 3 heteroatoms. The van der Waals surface area contributed by atoms with Crippen molar-refractivity contribution in [2.45, 2.75) is 13.0 Å². The predicted molar refractivity (Wildman–Crippen MR) is 78.3 cm³/mol. The van der Waals surface area contributed by atoms with Crippen LogP contribution in [0.2, 0.25) is 0 Å². The molecule has 2 aromatic rings. The second-order valence-electron chi connectivity index (χ2n) is 4.58. The lowest BCUT2D eigenvalue weighted by molar-refractivity contribution is 0.0716. The normalized spacial score (nSPS) is 11.9. The summed E-state index contributed by atoms with van der Waals surface area (Å²) in [5.74, 6) is 0.751. The average molecular weight is 270 g/mol. The molecule has 2 rings (SSSR count). The van der Waals surface area contributed by atoms with E-state index in [2.05, 4.69) is 0 Å². The molecule has 1 atom stereocenters. The van der Waals surface area contributed by atoms with E-state index >= 15 is 0 Å². The Balaban J connectivity index is 2.03. The SMILES string of the molecule is COC(C)COc1ccc(C(=O)c2ccccc2)cc1. The zero-order valence-electron chi connectivity index (χ0n) is 11.7. The van der Waals surface area contributed by atoms with Gasteiger partial charge in [-0.05, 0) is 31.2 Å². The highest BCUT2D eigenvalue weighted by atomic mass is 16.5. The zero-order valence-corrected chi connectivity index (χ0v) is 11.7. The summed E-state index contributed by atoms with van der Waals surface area (Å²) in [5, 5.41) is 0. The van der Waals surface area contributed by atoms with Crippen LogP contribution in [-0.2, 0) is 4.74 Å². The first-order chi connectivity index (χ1) is 9.70. The van der Waals surface area contributed by atoms with Gasteiger partial charge in [0.15, 0.2) is 5.78 Å². The third kappa shape index (κ3) is 3.68. The standard InChI is InChI=1S/C17H18O3/c1-13(19-2)12-20-16-10-8-15(9-11-16)17(18)14-6-4-3-5-7-14/h3-11,13H,12H2,1-2H3. The van der Waals surface area contributed by atoms with Gasteiger partial charge < -0.3 is 9.47 Å². The van der Waals surface area contributed by atoms with E-state index in [1.807, 2.05) is 37.3 Å². The number of hydrogen-bond donors (Lipinski definition) is 0. The fourth-order valence-corrected chi connectivity index (χ4v) is 1.74. The summed E-state index contributed by atoms with van der Waals surface area (Å²) in [6, 6.07) is 16.4. The molecule has 1 unspecified atom stereocenters. The van der Waals surface area contributed by atoms with Crippen LogP contribution in [0.1, 0.15) is 22.8 Å². The number of rotatable bonds is 6. The van der Waals surface area contributed by atoms with Gasteiger partial charge in [0.25, 0.3) is 0 Å². The number of benzene rings is 2. The van der Waals surface area contributed by atoms with Crippen LogP contribution in [0.15, 0.2) is 54.6 Å². The maximum atomic E-state index is 12.2. The predicted octanol–water partition coefficient (Wildman–Crippen LogP) is 3.33. The Morgan fingerprint density at radius 1 is 1.00 bits per heavy atom. The van der Waals surface area contributed by atoms with E-state index in [1.54, 1.807) is 31.4 Å². The first kappa shape index (κ1) is 14.3. The van der Waals surface area contributed by atoms with Gasteiger partial charge in [-0.2, -0.15) is 0 Å². The van der Waals surface area contributed by atoms with Gasteiger partial charge in [-0.25, -0.2) is 0 Å². The van der Waals surface area contributed by atoms with Gasteiger partial charge >= 0.3 is 0 Å². The molecule has 0 saturated heterocycles. The van der Waals surface area contributed by atoms with Crippen molar-refractivity contribution in [3.8, 4) is 5.75 Å². The van der Waals surface area contributed by atoms with Gasteiger partial charge in [0.1, 0.15) is 12.4 Å². The molecule has 0 aliphatic carbocycles. The van der Waals surface area contributed by atoms with Crippen LogP contribution < -0.4 is 4.74 Å². The first-order valence-corrected chi connectivity index (χ1v) is 6.56. The molecule has 0 saturated carbocycles. The molecule has 20 heavy (non-hydrogen) atoms. The van der Waals surface area contributed by atoms with Crippen LogP contribution in [-0.4, -0.2) is 25.6 Å². The van der Waals surface area contributed by atoms with E-state index in [-0.39, 0.29) is 11.9 Å². The fraction of sp³-hybridized carbons (Fsp3) is 0.235. The largest absolute Gasteiger partial charge is 0.491 e. The van der Waals surface area contributed by atoms with Gasteiger partial charge in [0.2, 0.25) is 0 Å². The minimum atomic E-state index is 0.0161. The molecule has 0 bridgehead atoms. The van der Waals surface area contributed by atoms with E-state index in [0.717, 1.165) is 5.75 Å². The van der Waals surface area contributed by atoms with Gasteiger partial charge in [-0.15, -0.1) is 0 Å². The third-order valence-electron chi connectivity index (χ3n) is 3.04. The highest BCUT2D eigenvalue weighted by Crippen LogP contribution is 2.15. The Labute approximate surface area is 119 Å². The third-order valence-corrected chi connectivity index (χ3v) is 3.04. The Hall–Kier alpha value is -2.13. The zero-order chi connectivity index (χ0) is 14.4. The Morgan fingerprint density at radius 2 is 1.60 bits per heavy atom. The summed E-state index contributed by atoms with van der Waals surface area (Å²) in [6.07, 6.45) is 0.0422. The van der Waals surface area contributed by atoms with E-state index in [0.29, 0.717) is 17.7 Å². The first-order valence-electron chi connectivity index (χ1n) is 6.56. The van der Waals surface area contributed by atoms with Gasteiger partial charge in [0, 0.05) is 18.2 Å². The summed E-state index contributed by atoms with van der Waals surface area (Å²) < 4.78 is 10.7. The van der Waals surface area contributed by atoms with E-state index in [9.17, 15) is 4.79 Å². The lowest BCUT2D eigenvalue weighted by atomic mass is 10.0. The minimum absolute atomic E-state index is 0.0161. The number of ether oxygens (including phenoxy) is 2. The number of methoxy groups -OCH3 is 1. The molecule has 0 aliphatic heterocycles. The number of carbonyl (C=O) groups is 1. The Bertz CT molecular complexity index is 546. The van der Waals surface area contributed by atoms with Crippen molar-refractivity contribution in [1.82, 2.24) is 0 Å². The molecule has 0 aliphatic rings. The van der Waals surface area contributed by atoms with Gasteiger partial charge in [0.05, 0.1) is 6.10 Å². The number of hydrogen-bond acceptors (Lipinski definition) is 3. The molecule has 2 aromatic carbocycles. The Morgan fingerprint density at radius 3 is 2.20 bits per heavy atom. The van der Waals surface area contributed by atoms with Crippen molar-refractivity contribution >= 4 is 5.78 Å². The molecule has 0 spiro atoms. The summed E-state index contributed by atoms with van der Waals surface area (Å²) in [5.41, 5.74) is 1.34. The summed E-state index contributed by atoms with van der Waals surface area (Å²) in [4.78, 5) is 12.2. The molecule has 0 amide bonds. The molecule has 104 valence electrons. The lowest BCUT2D eigenvalue weighted by Gasteiger charge is -2.11. The van der Waals surface area contributed by atoms with E-state index < -0.39 is 0 Å². The molecular weight excluding hydrogens is 252 g/mol. The number of carbonyl (C=O) groups excluding carboxylic acids is 1. The van der Waals surface area contributed by atoms with Crippen molar-refractivity contribution in [2.24, 2.45) is 0 Å². The average Bonchev–Trinajstić information content (AvgIpc) is 2.53. The van der Waals surface area contributed by atoms with Crippen LogP contribution in [0.5, 0.6) is 5.75 Å². The van der Waals surface area contributed by atoms with E-state index in [1.165, 1.54) is 0 Å². The van der Waals surface area contributed by atoms with E-state index in [4.69, 9.17) is 9.47 Å². The highest BCUT2D eigenvalue weighted by Gasteiger charge is 2.08. The highest BCUT2D eigenvalue weighted by molar-refractivity contribution is 6.08. The van der Waals surface area contributed by atoms with Crippen LogP contribution in [0.3, 0.4) is 0 Å². The Kier molecular flexibility index (Phi) is 4.91. The lowest BCUT2D eigenvalue weighted by Crippen LogP contribution is -2.15. The van der Waals surface area contributed by atoms with Crippen molar-refractivity contribution in [1.29, 1.82) is 0 Å². The molecule has 0 radical (unpaired) electrons. The van der Waals surface area contributed by atoms with Crippen molar-refractivity contribution in [3.63, 3.8) is 0 Å². The fourth-order valence-electron chi connectivity index (χ4n) is 1.74. The summed E-state index contributed by atoms with van der Waals surface area (Å²) in [7, 11) is 1.65. The molecular formula is C17H18O3. The second-order valence-corrected chi connectivity index (χ2v) is 4.58. The second kappa shape index (κ2) is 6.87. The quantitative estimate of drug-likeness (QED) is 0.755. The van der Waals surface area contributed by atoms with Gasteiger partial charge in [-0.3, -0.25) is 4.79 Å². The summed E-state index contributed by atoms with van der Waals surface area (Å²) >= 11 is 0. The maximum Gasteiger partial charge on any atom is 0.193 e. The van der Waals surface area contributed by atoms with Crippen molar-refractivity contribution < 1.29 is 14.3 Å². The maximum absolute atomic E-state index is 12.2. The number of ketones is 1. The smallest absolute Gasteiger partial charge is 0.193 e. The molecule has 3 nitrogen and oxygen atoms in total. The molecule has 0 aromatic heterocycles. The topological polar surface area (TPSA) is 35.5 Å². The molecule has 0 heterocycles. The van der Waals surface area contributed by atoms with Crippen LogP contribution in [0, 0.1) is 0 Å². The van der Waals surface area contributed by atoms with Crippen molar-refractivity contribution in [3.05, 3.63) is 65.7 Å². The minimum Gasteiger partial charge on any atom is -0.491 e. The van der Waals surface area contributed by atoms with Crippen LogP contribution in [0.4, 0.5) is 0 Å². The van der Waals surface area contributed by atoms with Gasteiger partial charge in [-0.1, -0.05) is 30.3 Å². The molecule has 0 fully saturated rings. The van der Waals surface area contributed by atoms with Crippen molar-refractivity contribution in [2.75, 3.05) is 13.7 Å². The van der Waals surface area contributed by atoms with Crippen LogP contribution >= 0.6 is 0 Å². The van der Waals surface area contributed by atoms with Crippen LogP contribution in [0.25, 0.3) is 0 Å². The monoisotopic (exact) mass is 270 g/mol. The molecule has 0 N–H and O–H groups in total.